The van der Waals surface area contributed by atoms with E-state index in [0.29, 0.717) is 0 Å². The molecule has 0 N–H and O–H groups in total. The van der Waals surface area contributed by atoms with Crippen LogP contribution in [0, 0.1) is 0 Å². The van der Waals surface area contributed by atoms with Gasteiger partial charge >= 0.3 is 5.97 Å². The Morgan fingerprint density at radius 1 is 1.44 bits per heavy atom. The van der Waals surface area contributed by atoms with Crippen LogP contribution in [-0.2, 0) is 9.53 Å². The van der Waals surface area contributed by atoms with Crippen LogP contribution in [0.25, 0.3) is 0 Å². The first-order valence-corrected chi connectivity index (χ1v) is 6.25. The van der Waals surface area contributed by atoms with E-state index in [0.717, 1.165) is 30.8 Å². The van der Waals surface area contributed by atoms with Gasteiger partial charge in [-0.3, -0.25) is 0 Å². The maximum atomic E-state index is 11.7. The molecule has 0 aliphatic carbocycles. The van der Waals surface area contributed by atoms with Crippen molar-refractivity contribution in [2.45, 2.75) is 18.9 Å². The van der Waals surface area contributed by atoms with Gasteiger partial charge < -0.3 is 14.5 Å². The molecule has 1 saturated heterocycles. The molecule has 0 amide bonds. The summed E-state index contributed by atoms with van der Waals surface area (Å²) in [6, 6.07) is 8.12. The van der Waals surface area contributed by atoms with Gasteiger partial charge in [-0.15, -0.1) is 0 Å². The van der Waals surface area contributed by atoms with Crippen LogP contribution in [0.4, 0.5) is 11.4 Å². The monoisotopic (exact) mass is 248 g/mol. The molecule has 0 saturated carbocycles. The normalized spacial score (nSPS) is 18.8. The molecule has 1 fully saturated rings. The molecular weight excluding hydrogens is 228 g/mol. The number of hydrogen-bond donors (Lipinski definition) is 0. The molecule has 1 atom stereocenters. The Kier molecular flexibility index (Phi) is 3.75. The van der Waals surface area contributed by atoms with Crippen molar-refractivity contribution in [1.29, 1.82) is 0 Å². The Morgan fingerprint density at radius 3 is 2.89 bits per heavy atom. The van der Waals surface area contributed by atoms with Crippen molar-refractivity contribution >= 4 is 17.3 Å². The van der Waals surface area contributed by atoms with Crippen molar-refractivity contribution in [2.75, 3.05) is 37.5 Å². The Hall–Kier alpha value is -1.71. The molecule has 0 radical (unpaired) electrons. The summed E-state index contributed by atoms with van der Waals surface area (Å²) >= 11 is 0. The maximum Gasteiger partial charge on any atom is 0.328 e. The van der Waals surface area contributed by atoms with Crippen LogP contribution < -0.4 is 9.80 Å². The average molecular weight is 248 g/mol. The highest BCUT2D eigenvalue weighted by molar-refractivity contribution is 5.81. The second-order valence-corrected chi connectivity index (χ2v) is 4.79. The molecular formula is C14H20N2O2. The van der Waals surface area contributed by atoms with Crippen LogP contribution in [0.3, 0.4) is 0 Å². The molecule has 0 aromatic heterocycles. The number of hydrogen-bond acceptors (Lipinski definition) is 4. The van der Waals surface area contributed by atoms with E-state index < -0.39 is 0 Å². The highest BCUT2D eigenvalue weighted by Gasteiger charge is 2.31. The molecule has 1 unspecified atom stereocenters. The second-order valence-electron chi connectivity index (χ2n) is 4.79. The van der Waals surface area contributed by atoms with Gasteiger partial charge in [-0.1, -0.05) is 6.07 Å². The van der Waals surface area contributed by atoms with Crippen molar-refractivity contribution in [1.82, 2.24) is 0 Å². The minimum Gasteiger partial charge on any atom is -0.467 e. The molecule has 2 rings (SSSR count). The van der Waals surface area contributed by atoms with Gasteiger partial charge in [-0.2, -0.15) is 0 Å². The third-order valence-electron chi connectivity index (χ3n) is 3.40. The lowest BCUT2D eigenvalue weighted by Gasteiger charge is -2.26. The smallest absolute Gasteiger partial charge is 0.328 e. The Morgan fingerprint density at radius 2 is 2.22 bits per heavy atom. The number of esters is 1. The maximum absolute atomic E-state index is 11.7. The lowest BCUT2D eigenvalue weighted by molar-refractivity contribution is -0.141. The highest BCUT2D eigenvalue weighted by Crippen LogP contribution is 2.28. The van der Waals surface area contributed by atoms with Crippen LogP contribution in [0.1, 0.15) is 12.8 Å². The van der Waals surface area contributed by atoms with E-state index in [2.05, 4.69) is 21.9 Å². The minimum atomic E-state index is -0.136. The van der Waals surface area contributed by atoms with Crippen LogP contribution in [-0.4, -0.2) is 39.8 Å². The summed E-state index contributed by atoms with van der Waals surface area (Å²) in [4.78, 5) is 15.9. The van der Waals surface area contributed by atoms with E-state index in [9.17, 15) is 4.79 Å². The standard InChI is InChI=1S/C14H20N2O2/c1-15(2)11-6-4-7-12(10-11)16-9-5-8-13(16)14(17)18-3/h4,6-7,10,13H,5,8-9H2,1-3H3. The SMILES string of the molecule is COC(=O)C1CCCN1c1cccc(N(C)C)c1. The van der Waals surface area contributed by atoms with Crippen molar-refractivity contribution in [3.8, 4) is 0 Å². The fraction of sp³-hybridized carbons (Fsp3) is 0.500. The van der Waals surface area contributed by atoms with E-state index in [1.165, 1.54) is 7.11 Å². The first-order valence-electron chi connectivity index (χ1n) is 6.25. The van der Waals surface area contributed by atoms with Crippen LogP contribution in [0.5, 0.6) is 0 Å². The Bertz CT molecular complexity index is 432. The third kappa shape index (κ3) is 2.42. The summed E-state index contributed by atoms with van der Waals surface area (Å²) in [5, 5.41) is 0. The molecule has 1 heterocycles. The van der Waals surface area contributed by atoms with E-state index in [-0.39, 0.29) is 12.0 Å². The van der Waals surface area contributed by atoms with E-state index in [1.807, 2.05) is 26.2 Å². The quantitative estimate of drug-likeness (QED) is 0.765. The zero-order valence-corrected chi connectivity index (χ0v) is 11.2. The van der Waals surface area contributed by atoms with Crippen molar-refractivity contribution in [2.24, 2.45) is 0 Å². The van der Waals surface area contributed by atoms with Crippen LogP contribution in [0.15, 0.2) is 24.3 Å². The summed E-state index contributed by atoms with van der Waals surface area (Å²) in [5.41, 5.74) is 2.23. The number of ether oxygens (including phenoxy) is 1. The zero-order valence-electron chi connectivity index (χ0n) is 11.2. The first kappa shape index (κ1) is 12.7. The fourth-order valence-electron chi connectivity index (χ4n) is 2.41. The number of carbonyl (C=O) groups excluding carboxylic acids is 1. The molecule has 1 aromatic carbocycles. The largest absolute Gasteiger partial charge is 0.467 e. The topological polar surface area (TPSA) is 32.8 Å². The molecule has 4 heteroatoms. The summed E-state index contributed by atoms with van der Waals surface area (Å²) in [6.07, 6.45) is 1.91. The van der Waals surface area contributed by atoms with Gasteiger partial charge in [0, 0.05) is 32.0 Å². The number of methoxy groups -OCH3 is 1. The van der Waals surface area contributed by atoms with Gasteiger partial charge in [-0.05, 0) is 31.0 Å². The lowest BCUT2D eigenvalue weighted by Crippen LogP contribution is -2.36. The number of carbonyl (C=O) groups is 1. The van der Waals surface area contributed by atoms with Crippen LogP contribution in [0.2, 0.25) is 0 Å². The van der Waals surface area contributed by atoms with E-state index in [1.54, 1.807) is 0 Å². The van der Waals surface area contributed by atoms with Gasteiger partial charge in [0.2, 0.25) is 0 Å². The molecule has 98 valence electrons. The zero-order chi connectivity index (χ0) is 13.1. The van der Waals surface area contributed by atoms with Crippen molar-refractivity contribution in [3.63, 3.8) is 0 Å². The average Bonchev–Trinajstić information content (AvgIpc) is 2.87. The van der Waals surface area contributed by atoms with Gasteiger partial charge in [0.05, 0.1) is 7.11 Å². The molecule has 18 heavy (non-hydrogen) atoms. The summed E-state index contributed by atoms with van der Waals surface area (Å²) in [6.45, 7) is 0.913. The van der Waals surface area contributed by atoms with E-state index in [4.69, 9.17) is 4.74 Å². The molecule has 4 nitrogen and oxygen atoms in total. The molecule has 0 bridgehead atoms. The molecule has 0 spiro atoms. The van der Waals surface area contributed by atoms with Crippen molar-refractivity contribution in [3.05, 3.63) is 24.3 Å². The predicted octanol–water partition coefficient (Wildman–Crippen LogP) is 1.89. The van der Waals surface area contributed by atoms with E-state index >= 15 is 0 Å². The Balaban J connectivity index is 2.24. The molecule has 1 aliphatic rings. The number of rotatable bonds is 3. The fourth-order valence-corrected chi connectivity index (χ4v) is 2.41. The molecule has 1 aromatic rings. The number of nitrogens with zero attached hydrogens (tertiary/aromatic N) is 2. The van der Waals surface area contributed by atoms with Gasteiger partial charge in [0.15, 0.2) is 0 Å². The van der Waals surface area contributed by atoms with Gasteiger partial charge in [0.1, 0.15) is 6.04 Å². The minimum absolute atomic E-state index is 0.132. The highest BCUT2D eigenvalue weighted by atomic mass is 16.5. The third-order valence-corrected chi connectivity index (χ3v) is 3.40. The number of benzene rings is 1. The Labute approximate surface area is 108 Å². The summed E-state index contributed by atoms with van der Waals surface area (Å²) < 4.78 is 4.87. The predicted molar refractivity (Wildman–Crippen MR) is 73.2 cm³/mol. The summed E-state index contributed by atoms with van der Waals surface area (Å²) in [7, 11) is 5.48. The molecule has 1 aliphatic heterocycles. The van der Waals surface area contributed by atoms with Crippen LogP contribution >= 0.6 is 0 Å². The first-order chi connectivity index (χ1) is 8.63. The second kappa shape index (κ2) is 5.29. The van der Waals surface area contributed by atoms with Gasteiger partial charge in [-0.25, -0.2) is 4.79 Å². The summed E-state index contributed by atoms with van der Waals surface area (Å²) in [5.74, 6) is -0.136. The lowest BCUT2D eigenvalue weighted by atomic mass is 10.2. The van der Waals surface area contributed by atoms with Gasteiger partial charge in [0.25, 0.3) is 0 Å². The number of anilines is 2. The van der Waals surface area contributed by atoms with Crippen molar-refractivity contribution < 1.29 is 9.53 Å².